The highest BCUT2D eigenvalue weighted by atomic mass is 35.5. The van der Waals surface area contributed by atoms with E-state index in [9.17, 15) is 4.39 Å². The van der Waals surface area contributed by atoms with Gasteiger partial charge in [-0.15, -0.1) is 0 Å². The number of rotatable bonds is 5. The summed E-state index contributed by atoms with van der Waals surface area (Å²) in [6.45, 7) is 5.91. The van der Waals surface area contributed by atoms with Gasteiger partial charge in [-0.3, -0.25) is 0 Å². The smallest absolute Gasteiger partial charge is 0.127 e. The van der Waals surface area contributed by atoms with Crippen molar-refractivity contribution in [1.82, 2.24) is 5.32 Å². The minimum absolute atomic E-state index is 0.151. The molecule has 3 unspecified atom stereocenters. The highest BCUT2D eigenvalue weighted by Crippen LogP contribution is 2.26. The second-order valence-electron chi connectivity index (χ2n) is 5.21. The number of halogens is 2. The van der Waals surface area contributed by atoms with Crippen LogP contribution in [0.3, 0.4) is 0 Å². The zero-order chi connectivity index (χ0) is 13.8. The Kier molecular flexibility index (Phi) is 5.20. The minimum Gasteiger partial charge on any atom is -0.376 e. The van der Waals surface area contributed by atoms with Gasteiger partial charge < -0.3 is 10.1 Å². The molecule has 0 radical (unpaired) electrons. The van der Waals surface area contributed by atoms with Gasteiger partial charge in [-0.1, -0.05) is 31.5 Å². The molecule has 0 spiro atoms. The maximum Gasteiger partial charge on any atom is 0.127 e. The van der Waals surface area contributed by atoms with Crippen LogP contribution in [0, 0.1) is 11.7 Å². The quantitative estimate of drug-likeness (QED) is 0.895. The Morgan fingerprint density at radius 3 is 2.89 bits per heavy atom. The van der Waals surface area contributed by atoms with E-state index in [1.165, 1.54) is 6.07 Å². The second kappa shape index (κ2) is 6.69. The molecule has 0 aromatic heterocycles. The zero-order valence-electron chi connectivity index (χ0n) is 11.5. The number of benzene rings is 1. The molecule has 106 valence electrons. The van der Waals surface area contributed by atoms with Crippen molar-refractivity contribution >= 4 is 11.6 Å². The predicted molar refractivity (Wildman–Crippen MR) is 76.1 cm³/mol. The van der Waals surface area contributed by atoms with Crippen molar-refractivity contribution in [1.29, 1.82) is 0 Å². The molecule has 1 saturated heterocycles. The highest BCUT2D eigenvalue weighted by Gasteiger charge is 2.32. The van der Waals surface area contributed by atoms with Crippen molar-refractivity contribution in [3.63, 3.8) is 0 Å². The van der Waals surface area contributed by atoms with Crippen LogP contribution in [0.4, 0.5) is 4.39 Å². The van der Waals surface area contributed by atoms with Crippen LogP contribution in [0.1, 0.15) is 25.8 Å². The number of ether oxygens (including phenoxy) is 1. The van der Waals surface area contributed by atoms with Gasteiger partial charge in [0.05, 0.1) is 6.10 Å². The lowest BCUT2D eigenvalue weighted by atomic mass is 9.92. The van der Waals surface area contributed by atoms with Crippen LogP contribution in [0.2, 0.25) is 5.02 Å². The van der Waals surface area contributed by atoms with E-state index in [0.717, 1.165) is 19.6 Å². The monoisotopic (exact) mass is 285 g/mol. The van der Waals surface area contributed by atoms with Gasteiger partial charge in [-0.05, 0) is 43.0 Å². The van der Waals surface area contributed by atoms with Gasteiger partial charge in [0, 0.05) is 17.7 Å². The third kappa shape index (κ3) is 3.68. The van der Waals surface area contributed by atoms with E-state index in [4.69, 9.17) is 16.3 Å². The van der Waals surface area contributed by atoms with Crippen molar-refractivity contribution in [2.24, 2.45) is 5.92 Å². The lowest BCUT2D eigenvalue weighted by Crippen LogP contribution is -2.43. The number of nitrogens with one attached hydrogen (secondary N) is 1. The fourth-order valence-electron chi connectivity index (χ4n) is 2.72. The van der Waals surface area contributed by atoms with Crippen LogP contribution < -0.4 is 5.32 Å². The molecule has 1 aliphatic rings. The van der Waals surface area contributed by atoms with Crippen LogP contribution in [0.25, 0.3) is 0 Å². The summed E-state index contributed by atoms with van der Waals surface area (Å²) in [5.41, 5.74) is 0.693. The average molecular weight is 286 g/mol. The molecular weight excluding hydrogens is 265 g/mol. The van der Waals surface area contributed by atoms with Crippen molar-refractivity contribution in [3.05, 3.63) is 34.6 Å². The average Bonchev–Trinajstić information content (AvgIpc) is 2.78. The van der Waals surface area contributed by atoms with E-state index in [1.807, 2.05) is 0 Å². The van der Waals surface area contributed by atoms with E-state index in [1.54, 1.807) is 12.1 Å². The van der Waals surface area contributed by atoms with Crippen LogP contribution in [-0.2, 0) is 11.2 Å². The first-order valence-corrected chi connectivity index (χ1v) is 7.28. The number of likely N-dealkylation sites (N-methyl/N-ethyl adjacent to an activating group) is 1. The van der Waals surface area contributed by atoms with E-state index in [0.29, 0.717) is 22.9 Å². The molecule has 1 aromatic rings. The van der Waals surface area contributed by atoms with Crippen LogP contribution in [0.5, 0.6) is 0 Å². The summed E-state index contributed by atoms with van der Waals surface area (Å²) in [4.78, 5) is 0. The van der Waals surface area contributed by atoms with Gasteiger partial charge in [0.2, 0.25) is 0 Å². The molecule has 19 heavy (non-hydrogen) atoms. The molecule has 3 atom stereocenters. The molecule has 1 fully saturated rings. The van der Waals surface area contributed by atoms with Crippen molar-refractivity contribution in [2.45, 2.75) is 38.8 Å². The van der Waals surface area contributed by atoms with Gasteiger partial charge in [0.1, 0.15) is 5.82 Å². The minimum atomic E-state index is -0.235. The standard InChI is InChI=1S/C15H21ClFNO/c1-3-18-14(15-10(2)6-7-19-15)8-11-4-5-12(16)9-13(11)17/h4-5,9-10,14-15,18H,3,6-8H2,1-2H3. The molecule has 0 bridgehead atoms. The molecule has 1 aromatic carbocycles. The molecule has 4 heteroatoms. The molecule has 2 rings (SSSR count). The van der Waals surface area contributed by atoms with Gasteiger partial charge >= 0.3 is 0 Å². The maximum absolute atomic E-state index is 13.9. The van der Waals surface area contributed by atoms with Crippen LogP contribution in [-0.4, -0.2) is 25.3 Å². The molecule has 2 nitrogen and oxygen atoms in total. The summed E-state index contributed by atoms with van der Waals surface area (Å²) in [5.74, 6) is 0.278. The topological polar surface area (TPSA) is 21.3 Å². The molecule has 0 aliphatic carbocycles. The summed E-state index contributed by atoms with van der Waals surface area (Å²) in [7, 11) is 0. The lowest BCUT2D eigenvalue weighted by Gasteiger charge is -2.27. The van der Waals surface area contributed by atoms with Gasteiger partial charge in [-0.2, -0.15) is 0 Å². The Morgan fingerprint density at radius 1 is 1.53 bits per heavy atom. The number of hydrogen-bond acceptors (Lipinski definition) is 2. The number of hydrogen-bond donors (Lipinski definition) is 1. The van der Waals surface area contributed by atoms with E-state index >= 15 is 0 Å². The summed E-state index contributed by atoms with van der Waals surface area (Å²) in [5, 5.41) is 3.86. The molecular formula is C15H21ClFNO. The molecule has 1 aliphatic heterocycles. The van der Waals surface area contributed by atoms with Crippen molar-refractivity contribution in [3.8, 4) is 0 Å². The first-order chi connectivity index (χ1) is 9.11. The Hall–Kier alpha value is -0.640. The Bertz CT molecular complexity index is 427. The van der Waals surface area contributed by atoms with Crippen LogP contribution in [0.15, 0.2) is 18.2 Å². The Labute approximate surface area is 119 Å². The summed E-state index contributed by atoms with van der Waals surface area (Å²) in [6.07, 6.45) is 1.87. The summed E-state index contributed by atoms with van der Waals surface area (Å²) < 4.78 is 19.7. The second-order valence-corrected chi connectivity index (χ2v) is 5.64. The molecule has 0 saturated carbocycles. The van der Waals surface area contributed by atoms with E-state index in [2.05, 4.69) is 19.2 Å². The predicted octanol–water partition coefficient (Wildman–Crippen LogP) is 3.42. The first-order valence-electron chi connectivity index (χ1n) is 6.90. The highest BCUT2D eigenvalue weighted by molar-refractivity contribution is 6.30. The fraction of sp³-hybridized carbons (Fsp3) is 0.600. The summed E-state index contributed by atoms with van der Waals surface area (Å²) >= 11 is 5.78. The van der Waals surface area contributed by atoms with Gasteiger partial charge in [0.15, 0.2) is 0 Å². The van der Waals surface area contributed by atoms with E-state index < -0.39 is 0 Å². The molecule has 1 N–H and O–H groups in total. The molecule has 0 amide bonds. The third-order valence-corrected chi connectivity index (χ3v) is 4.00. The Morgan fingerprint density at radius 2 is 2.32 bits per heavy atom. The van der Waals surface area contributed by atoms with Crippen molar-refractivity contribution in [2.75, 3.05) is 13.2 Å². The van der Waals surface area contributed by atoms with Gasteiger partial charge in [0.25, 0.3) is 0 Å². The SMILES string of the molecule is CCNC(Cc1ccc(Cl)cc1F)C1OCCC1C. The van der Waals surface area contributed by atoms with Crippen molar-refractivity contribution < 1.29 is 9.13 Å². The fourth-order valence-corrected chi connectivity index (χ4v) is 2.88. The largest absolute Gasteiger partial charge is 0.376 e. The lowest BCUT2D eigenvalue weighted by molar-refractivity contribution is 0.0613. The molecule has 1 heterocycles. The Balaban J connectivity index is 2.11. The zero-order valence-corrected chi connectivity index (χ0v) is 12.2. The summed E-state index contributed by atoms with van der Waals surface area (Å²) in [6, 6.07) is 5.03. The normalized spacial score (nSPS) is 24.6. The first kappa shape index (κ1) is 14.8. The van der Waals surface area contributed by atoms with E-state index in [-0.39, 0.29) is 18.0 Å². The maximum atomic E-state index is 13.9. The third-order valence-electron chi connectivity index (χ3n) is 3.76. The van der Waals surface area contributed by atoms with Crippen LogP contribution >= 0.6 is 11.6 Å². The van der Waals surface area contributed by atoms with Gasteiger partial charge in [-0.25, -0.2) is 4.39 Å².